The molecule has 0 aliphatic carbocycles. The summed E-state index contributed by atoms with van der Waals surface area (Å²) in [6.07, 6.45) is 0. The Labute approximate surface area is 154 Å². The number of Topliss-reactive ketones (excluding diaryl/α,β-unsaturated/α-hetero) is 1. The largest absolute Gasteiger partial charge is 0.454 e. The molecule has 25 heavy (non-hydrogen) atoms. The van der Waals surface area contributed by atoms with E-state index in [0.29, 0.717) is 5.56 Å². The zero-order chi connectivity index (χ0) is 18.6. The lowest BCUT2D eigenvalue weighted by Gasteiger charge is -2.11. The van der Waals surface area contributed by atoms with Crippen molar-refractivity contribution < 1.29 is 22.7 Å². The van der Waals surface area contributed by atoms with Gasteiger partial charge in [-0.3, -0.25) is 4.79 Å². The average Bonchev–Trinajstić information content (AvgIpc) is 2.60. The summed E-state index contributed by atoms with van der Waals surface area (Å²) < 4.78 is 30.9. The van der Waals surface area contributed by atoms with Gasteiger partial charge in [-0.05, 0) is 36.4 Å². The summed E-state index contributed by atoms with van der Waals surface area (Å²) in [5.41, 5.74) is 0.602. The first kappa shape index (κ1) is 19.3. The number of halogens is 1. The van der Waals surface area contributed by atoms with Gasteiger partial charge in [0, 0.05) is 24.1 Å². The van der Waals surface area contributed by atoms with Crippen LogP contribution in [0.1, 0.15) is 20.7 Å². The normalized spacial score (nSPS) is 11.4. The van der Waals surface area contributed by atoms with E-state index in [-0.39, 0.29) is 16.2 Å². The average molecular weight is 426 g/mol. The lowest BCUT2D eigenvalue weighted by molar-refractivity contribution is 0.0474. The second-order valence-corrected chi connectivity index (χ2v) is 8.39. The summed E-state index contributed by atoms with van der Waals surface area (Å²) in [4.78, 5) is 24.0. The van der Waals surface area contributed by atoms with Crippen molar-refractivity contribution in [3.63, 3.8) is 0 Å². The van der Waals surface area contributed by atoms with Crippen molar-refractivity contribution in [2.75, 3.05) is 20.7 Å². The zero-order valence-corrected chi connectivity index (χ0v) is 16.0. The Bertz CT molecular complexity index is 874. The maximum atomic E-state index is 12.0. The third kappa shape index (κ3) is 4.75. The molecule has 0 amide bonds. The highest BCUT2D eigenvalue weighted by molar-refractivity contribution is 9.10. The molecule has 0 unspecified atom stereocenters. The van der Waals surface area contributed by atoms with E-state index in [1.807, 2.05) is 0 Å². The molecule has 0 spiro atoms. The molecule has 0 radical (unpaired) electrons. The number of rotatable bonds is 6. The quantitative estimate of drug-likeness (QED) is 0.524. The molecule has 0 aromatic heterocycles. The van der Waals surface area contributed by atoms with Crippen LogP contribution in [-0.2, 0) is 14.8 Å². The molecule has 0 saturated heterocycles. The van der Waals surface area contributed by atoms with Crippen molar-refractivity contribution in [3.8, 4) is 0 Å². The van der Waals surface area contributed by atoms with E-state index in [4.69, 9.17) is 4.74 Å². The van der Waals surface area contributed by atoms with Crippen molar-refractivity contribution in [1.29, 1.82) is 0 Å². The fraction of sp³-hybridized carbons (Fsp3) is 0.176. The molecule has 2 aromatic rings. The van der Waals surface area contributed by atoms with Crippen LogP contribution < -0.4 is 0 Å². The molecule has 0 fully saturated rings. The van der Waals surface area contributed by atoms with E-state index in [2.05, 4.69) is 15.9 Å². The highest BCUT2D eigenvalue weighted by Gasteiger charge is 2.18. The molecule has 0 atom stereocenters. The predicted octanol–water partition coefficient (Wildman–Crippen LogP) is 2.74. The van der Waals surface area contributed by atoms with E-state index in [1.54, 1.807) is 24.3 Å². The molecule has 0 aliphatic heterocycles. The molecule has 0 aliphatic rings. The van der Waals surface area contributed by atoms with Crippen LogP contribution in [0.15, 0.2) is 57.9 Å². The van der Waals surface area contributed by atoms with E-state index in [1.165, 1.54) is 38.4 Å². The van der Waals surface area contributed by atoms with Crippen molar-refractivity contribution in [2.24, 2.45) is 0 Å². The Hall–Kier alpha value is -2.03. The molecule has 0 N–H and O–H groups in total. The Balaban J connectivity index is 2.01. The monoisotopic (exact) mass is 425 g/mol. The van der Waals surface area contributed by atoms with E-state index >= 15 is 0 Å². The minimum absolute atomic E-state index is 0.0694. The van der Waals surface area contributed by atoms with Gasteiger partial charge in [0.2, 0.25) is 10.0 Å². The van der Waals surface area contributed by atoms with Gasteiger partial charge in [-0.1, -0.05) is 28.1 Å². The SMILES string of the molecule is CN(C)S(=O)(=O)c1ccc(C(=O)OCC(=O)c2ccc(Br)cc2)cc1. The standard InChI is InChI=1S/C17H16BrNO5S/c1-19(2)25(22,23)15-9-5-13(6-10-15)17(21)24-11-16(20)12-3-7-14(18)8-4-12/h3-10H,11H2,1-2H3. The number of hydrogen-bond donors (Lipinski definition) is 0. The Kier molecular flexibility index (Phi) is 6.10. The molecule has 0 bridgehead atoms. The molecular weight excluding hydrogens is 410 g/mol. The van der Waals surface area contributed by atoms with Crippen molar-refractivity contribution >= 4 is 37.7 Å². The smallest absolute Gasteiger partial charge is 0.338 e. The number of hydrogen-bond acceptors (Lipinski definition) is 5. The van der Waals surface area contributed by atoms with Crippen LogP contribution in [0.25, 0.3) is 0 Å². The van der Waals surface area contributed by atoms with Gasteiger partial charge < -0.3 is 4.74 Å². The van der Waals surface area contributed by atoms with E-state index in [9.17, 15) is 18.0 Å². The van der Waals surface area contributed by atoms with Crippen LogP contribution in [0, 0.1) is 0 Å². The molecule has 2 rings (SSSR count). The summed E-state index contributed by atoms with van der Waals surface area (Å²) in [6.45, 7) is -0.391. The summed E-state index contributed by atoms with van der Waals surface area (Å²) in [5, 5.41) is 0. The second-order valence-electron chi connectivity index (χ2n) is 5.32. The van der Waals surface area contributed by atoms with E-state index < -0.39 is 22.6 Å². The topological polar surface area (TPSA) is 80.8 Å². The minimum Gasteiger partial charge on any atom is -0.454 e. The van der Waals surface area contributed by atoms with Crippen molar-refractivity contribution in [1.82, 2.24) is 4.31 Å². The first-order valence-electron chi connectivity index (χ1n) is 7.20. The highest BCUT2D eigenvalue weighted by Crippen LogP contribution is 2.15. The Morgan fingerprint density at radius 2 is 1.48 bits per heavy atom. The number of benzene rings is 2. The number of carbonyl (C=O) groups is 2. The molecule has 2 aromatic carbocycles. The van der Waals surface area contributed by atoms with Gasteiger partial charge in [-0.2, -0.15) is 0 Å². The third-order valence-electron chi connectivity index (χ3n) is 3.37. The van der Waals surface area contributed by atoms with Gasteiger partial charge in [-0.15, -0.1) is 0 Å². The lowest BCUT2D eigenvalue weighted by Crippen LogP contribution is -2.22. The summed E-state index contributed by atoms with van der Waals surface area (Å²) in [6, 6.07) is 12.0. The fourth-order valence-corrected chi connectivity index (χ4v) is 3.07. The summed E-state index contributed by atoms with van der Waals surface area (Å²) >= 11 is 3.27. The second kappa shape index (κ2) is 7.90. The van der Waals surface area contributed by atoms with Crippen LogP contribution >= 0.6 is 15.9 Å². The van der Waals surface area contributed by atoms with Crippen molar-refractivity contribution in [2.45, 2.75) is 4.90 Å². The van der Waals surface area contributed by atoms with Gasteiger partial charge in [0.1, 0.15) is 0 Å². The molecule has 0 heterocycles. The molecule has 8 heteroatoms. The summed E-state index contributed by atoms with van der Waals surface area (Å²) in [5.74, 6) is -1.02. The molecule has 6 nitrogen and oxygen atoms in total. The maximum Gasteiger partial charge on any atom is 0.338 e. The number of esters is 1. The number of sulfonamides is 1. The van der Waals surface area contributed by atoms with Crippen LogP contribution in [0.4, 0.5) is 0 Å². The maximum absolute atomic E-state index is 12.0. The van der Waals surface area contributed by atoms with Gasteiger partial charge >= 0.3 is 5.97 Å². The number of ether oxygens (including phenoxy) is 1. The van der Waals surface area contributed by atoms with Gasteiger partial charge in [0.15, 0.2) is 12.4 Å². The Morgan fingerprint density at radius 1 is 0.960 bits per heavy atom. The molecule has 0 saturated carbocycles. The molecular formula is C17H16BrNO5S. The number of carbonyl (C=O) groups excluding carboxylic acids is 2. The molecule has 132 valence electrons. The third-order valence-corrected chi connectivity index (χ3v) is 5.73. The van der Waals surface area contributed by atoms with Gasteiger partial charge in [0.25, 0.3) is 0 Å². The van der Waals surface area contributed by atoms with Gasteiger partial charge in [0.05, 0.1) is 10.5 Å². The van der Waals surface area contributed by atoms with E-state index in [0.717, 1.165) is 8.78 Å². The predicted molar refractivity (Wildman–Crippen MR) is 96.1 cm³/mol. The van der Waals surface area contributed by atoms with Crippen LogP contribution in [-0.4, -0.2) is 45.2 Å². The highest BCUT2D eigenvalue weighted by atomic mass is 79.9. The minimum atomic E-state index is -3.56. The number of ketones is 1. The first-order valence-corrected chi connectivity index (χ1v) is 9.43. The summed E-state index contributed by atoms with van der Waals surface area (Å²) in [7, 11) is -0.718. The van der Waals surface area contributed by atoms with Crippen LogP contribution in [0.3, 0.4) is 0 Å². The van der Waals surface area contributed by atoms with Crippen LogP contribution in [0.2, 0.25) is 0 Å². The van der Waals surface area contributed by atoms with Crippen molar-refractivity contribution in [3.05, 3.63) is 64.1 Å². The number of nitrogens with zero attached hydrogens (tertiary/aromatic N) is 1. The zero-order valence-electron chi connectivity index (χ0n) is 13.6. The fourth-order valence-electron chi connectivity index (χ4n) is 1.91. The lowest BCUT2D eigenvalue weighted by atomic mass is 10.1. The van der Waals surface area contributed by atoms with Gasteiger partial charge in [-0.25, -0.2) is 17.5 Å². The van der Waals surface area contributed by atoms with Crippen LogP contribution in [0.5, 0.6) is 0 Å². The first-order chi connectivity index (χ1) is 11.7. The Morgan fingerprint density at radius 3 is 2.00 bits per heavy atom.